The number of benzene rings is 2. The fourth-order valence-electron chi connectivity index (χ4n) is 1.97. The van der Waals surface area contributed by atoms with E-state index in [2.05, 4.69) is 25.9 Å². The molecule has 19 heavy (non-hydrogen) atoms. The highest BCUT2D eigenvalue weighted by Gasteiger charge is 2.11. The fourth-order valence-corrected chi connectivity index (χ4v) is 2.30. The molecule has 3 nitrogen and oxygen atoms in total. The van der Waals surface area contributed by atoms with Gasteiger partial charge in [-0.15, -0.1) is 0 Å². The standard InChI is InChI=1S/C14H10BrFN2O/c1-7-2-3-13(19)8(4-7)14-17-11-5-9(15)10(16)6-12(11)18-14/h2-6,19H,1H3,(H,17,18). The Labute approximate surface area is 117 Å². The average Bonchev–Trinajstić information content (AvgIpc) is 2.75. The van der Waals surface area contributed by atoms with Crippen LogP contribution in [0.25, 0.3) is 22.4 Å². The molecule has 0 aliphatic rings. The van der Waals surface area contributed by atoms with Gasteiger partial charge in [0.25, 0.3) is 0 Å². The molecule has 3 rings (SSSR count). The van der Waals surface area contributed by atoms with Gasteiger partial charge in [0, 0.05) is 6.07 Å². The lowest BCUT2D eigenvalue weighted by molar-refractivity contribution is 0.477. The van der Waals surface area contributed by atoms with Gasteiger partial charge in [-0.1, -0.05) is 11.6 Å². The number of phenolic OH excluding ortho intramolecular Hbond substituents is 1. The minimum atomic E-state index is -0.351. The van der Waals surface area contributed by atoms with Crippen LogP contribution in [0.4, 0.5) is 4.39 Å². The number of nitrogens with zero attached hydrogens (tertiary/aromatic N) is 1. The molecule has 1 heterocycles. The van der Waals surface area contributed by atoms with E-state index in [9.17, 15) is 9.50 Å². The maximum absolute atomic E-state index is 13.5. The summed E-state index contributed by atoms with van der Waals surface area (Å²) >= 11 is 3.13. The molecule has 0 spiro atoms. The van der Waals surface area contributed by atoms with E-state index in [4.69, 9.17) is 0 Å². The average molecular weight is 321 g/mol. The van der Waals surface area contributed by atoms with Gasteiger partial charge in [0.05, 0.1) is 21.1 Å². The van der Waals surface area contributed by atoms with Crippen LogP contribution >= 0.6 is 15.9 Å². The number of imidazole rings is 1. The lowest BCUT2D eigenvalue weighted by Crippen LogP contribution is -1.83. The van der Waals surface area contributed by atoms with Crippen LogP contribution < -0.4 is 0 Å². The molecule has 0 unspecified atom stereocenters. The molecule has 96 valence electrons. The van der Waals surface area contributed by atoms with Crippen molar-refractivity contribution in [1.82, 2.24) is 9.97 Å². The molecule has 2 N–H and O–H groups in total. The third-order valence-corrected chi connectivity index (χ3v) is 3.54. The summed E-state index contributed by atoms with van der Waals surface area (Å²) < 4.78 is 13.8. The molecular formula is C14H10BrFN2O. The van der Waals surface area contributed by atoms with Gasteiger partial charge >= 0.3 is 0 Å². The molecule has 0 fully saturated rings. The van der Waals surface area contributed by atoms with Crippen molar-refractivity contribution in [2.24, 2.45) is 0 Å². The minimum absolute atomic E-state index is 0.143. The second-order valence-corrected chi connectivity index (χ2v) is 5.24. The van der Waals surface area contributed by atoms with Crippen molar-refractivity contribution < 1.29 is 9.50 Å². The quantitative estimate of drug-likeness (QED) is 0.707. The Hall–Kier alpha value is -1.88. The Morgan fingerprint density at radius 2 is 2.05 bits per heavy atom. The Kier molecular flexibility index (Phi) is 2.78. The van der Waals surface area contributed by atoms with Gasteiger partial charge in [-0.05, 0) is 41.1 Å². The predicted octanol–water partition coefficient (Wildman–Crippen LogP) is 4.15. The van der Waals surface area contributed by atoms with Gasteiger partial charge in [-0.3, -0.25) is 0 Å². The van der Waals surface area contributed by atoms with E-state index in [0.29, 0.717) is 26.9 Å². The van der Waals surface area contributed by atoms with Gasteiger partial charge in [-0.25, -0.2) is 9.37 Å². The predicted molar refractivity (Wildman–Crippen MR) is 75.6 cm³/mol. The summed E-state index contributed by atoms with van der Waals surface area (Å²) in [6, 6.07) is 8.25. The van der Waals surface area contributed by atoms with Crippen LogP contribution in [0.15, 0.2) is 34.8 Å². The van der Waals surface area contributed by atoms with Crippen LogP contribution in [-0.4, -0.2) is 15.1 Å². The van der Waals surface area contributed by atoms with Crippen LogP contribution in [0.5, 0.6) is 5.75 Å². The molecule has 0 aliphatic heterocycles. The van der Waals surface area contributed by atoms with Crippen molar-refractivity contribution in [3.8, 4) is 17.1 Å². The molecule has 0 aliphatic carbocycles. The molecular weight excluding hydrogens is 311 g/mol. The second-order valence-electron chi connectivity index (χ2n) is 4.39. The topological polar surface area (TPSA) is 48.9 Å². The summed E-state index contributed by atoms with van der Waals surface area (Å²) in [4.78, 5) is 7.39. The van der Waals surface area contributed by atoms with Crippen LogP contribution in [0.1, 0.15) is 5.56 Å². The molecule has 0 amide bonds. The van der Waals surface area contributed by atoms with Gasteiger partial charge < -0.3 is 10.1 Å². The van der Waals surface area contributed by atoms with Crippen molar-refractivity contribution in [2.45, 2.75) is 6.92 Å². The van der Waals surface area contributed by atoms with E-state index >= 15 is 0 Å². The molecule has 3 aromatic rings. The summed E-state index contributed by atoms with van der Waals surface area (Å²) in [5.74, 6) is 0.314. The lowest BCUT2D eigenvalue weighted by atomic mass is 10.1. The van der Waals surface area contributed by atoms with E-state index in [1.54, 1.807) is 12.1 Å². The monoisotopic (exact) mass is 320 g/mol. The number of hydrogen-bond acceptors (Lipinski definition) is 2. The number of hydrogen-bond donors (Lipinski definition) is 2. The van der Waals surface area contributed by atoms with Crippen LogP contribution in [0, 0.1) is 12.7 Å². The number of aromatic hydroxyl groups is 1. The van der Waals surface area contributed by atoms with Crippen LogP contribution in [0.2, 0.25) is 0 Å². The zero-order valence-corrected chi connectivity index (χ0v) is 11.6. The summed E-state index contributed by atoms with van der Waals surface area (Å²) in [5.41, 5.74) is 2.86. The van der Waals surface area contributed by atoms with E-state index in [1.165, 1.54) is 6.07 Å². The number of phenols is 1. The first-order chi connectivity index (χ1) is 9.04. The first-order valence-corrected chi connectivity index (χ1v) is 6.48. The highest BCUT2D eigenvalue weighted by molar-refractivity contribution is 9.10. The normalized spacial score (nSPS) is 11.1. The van der Waals surface area contributed by atoms with E-state index in [-0.39, 0.29) is 11.6 Å². The Balaban J connectivity index is 2.23. The van der Waals surface area contributed by atoms with Crippen molar-refractivity contribution in [3.05, 3.63) is 46.2 Å². The third-order valence-electron chi connectivity index (χ3n) is 2.93. The first-order valence-electron chi connectivity index (χ1n) is 5.69. The summed E-state index contributed by atoms with van der Waals surface area (Å²) in [5, 5.41) is 9.88. The van der Waals surface area contributed by atoms with E-state index in [0.717, 1.165) is 5.56 Å². The Morgan fingerprint density at radius 1 is 1.26 bits per heavy atom. The molecule has 2 aromatic carbocycles. The second kappa shape index (κ2) is 4.35. The Morgan fingerprint density at radius 3 is 2.84 bits per heavy atom. The number of aryl methyl sites for hydroxylation is 1. The van der Waals surface area contributed by atoms with Crippen molar-refractivity contribution >= 4 is 27.0 Å². The van der Waals surface area contributed by atoms with Crippen molar-refractivity contribution in [3.63, 3.8) is 0 Å². The zero-order valence-electron chi connectivity index (χ0n) is 10.0. The van der Waals surface area contributed by atoms with Crippen LogP contribution in [-0.2, 0) is 0 Å². The molecule has 5 heteroatoms. The number of aromatic amines is 1. The smallest absolute Gasteiger partial charge is 0.142 e. The third kappa shape index (κ3) is 2.10. The van der Waals surface area contributed by atoms with E-state index < -0.39 is 0 Å². The molecule has 1 aromatic heterocycles. The van der Waals surface area contributed by atoms with Gasteiger partial charge in [-0.2, -0.15) is 0 Å². The molecule has 0 saturated heterocycles. The van der Waals surface area contributed by atoms with Crippen molar-refractivity contribution in [1.29, 1.82) is 0 Å². The largest absolute Gasteiger partial charge is 0.507 e. The van der Waals surface area contributed by atoms with Gasteiger partial charge in [0.2, 0.25) is 0 Å². The first kappa shape index (κ1) is 12.2. The van der Waals surface area contributed by atoms with Gasteiger partial charge in [0.1, 0.15) is 17.4 Å². The highest BCUT2D eigenvalue weighted by Crippen LogP contribution is 2.30. The number of rotatable bonds is 1. The SMILES string of the molecule is Cc1ccc(O)c(-c2nc3cc(Br)c(F)cc3[nH]2)c1. The molecule has 0 atom stereocenters. The lowest BCUT2D eigenvalue weighted by Gasteiger charge is -2.01. The maximum Gasteiger partial charge on any atom is 0.142 e. The Bertz CT molecular complexity index is 743. The molecule has 0 saturated carbocycles. The molecule has 0 bridgehead atoms. The minimum Gasteiger partial charge on any atom is -0.507 e. The van der Waals surface area contributed by atoms with Crippen LogP contribution in [0.3, 0.4) is 0 Å². The number of H-pyrrole nitrogens is 1. The number of nitrogens with one attached hydrogen (secondary N) is 1. The summed E-state index contributed by atoms with van der Waals surface area (Å²) in [7, 11) is 0. The molecule has 0 radical (unpaired) electrons. The maximum atomic E-state index is 13.5. The van der Waals surface area contributed by atoms with E-state index in [1.807, 2.05) is 19.1 Å². The number of aromatic nitrogens is 2. The van der Waals surface area contributed by atoms with Gasteiger partial charge in [0.15, 0.2) is 0 Å². The fraction of sp³-hybridized carbons (Fsp3) is 0.0714. The highest BCUT2D eigenvalue weighted by atomic mass is 79.9. The number of halogens is 2. The number of fused-ring (bicyclic) bond motifs is 1. The summed E-state index contributed by atoms with van der Waals surface area (Å²) in [6.45, 7) is 1.93. The van der Waals surface area contributed by atoms with Crippen molar-refractivity contribution in [2.75, 3.05) is 0 Å². The zero-order chi connectivity index (χ0) is 13.6. The summed E-state index contributed by atoms with van der Waals surface area (Å²) in [6.07, 6.45) is 0.